The number of aryl methyl sites for hydroxylation is 2. The Kier molecular flexibility index (Phi) is 4.26. The molecule has 0 atom stereocenters. The fraction of sp³-hybridized carbons (Fsp3) is 0.217. The van der Waals surface area contributed by atoms with Crippen LogP contribution in [0, 0.1) is 18.3 Å². The van der Waals surface area contributed by atoms with Crippen LogP contribution in [-0.2, 0) is 7.05 Å². The van der Waals surface area contributed by atoms with E-state index >= 15 is 0 Å². The lowest BCUT2D eigenvalue weighted by Crippen LogP contribution is -2.37. The predicted molar refractivity (Wildman–Crippen MR) is 121 cm³/mol. The van der Waals surface area contributed by atoms with Crippen molar-refractivity contribution in [3.63, 3.8) is 0 Å². The molecule has 0 aliphatic carbocycles. The molecular formula is C23H21N7O. The number of rotatable bonds is 2. The van der Waals surface area contributed by atoms with E-state index in [-0.39, 0.29) is 5.56 Å². The van der Waals surface area contributed by atoms with E-state index in [0.29, 0.717) is 17.7 Å². The van der Waals surface area contributed by atoms with Crippen LogP contribution in [-0.4, -0.2) is 39.9 Å². The molecule has 4 heterocycles. The molecule has 4 aromatic rings. The van der Waals surface area contributed by atoms with E-state index in [2.05, 4.69) is 37.0 Å². The van der Waals surface area contributed by atoms with Gasteiger partial charge < -0.3 is 14.8 Å². The number of benzene rings is 1. The van der Waals surface area contributed by atoms with Crippen molar-refractivity contribution < 1.29 is 0 Å². The molecule has 0 amide bonds. The Hall–Kier alpha value is -4.12. The van der Waals surface area contributed by atoms with Gasteiger partial charge in [0, 0.05) is 61.7 Å². The normalized spacial score (nSPS) is 13.4. The van der Waals surface area contributed by atoms with Gasteiger partial charge in [0.1, 0.15) is 5.82 Å². The molecule has 0 radical (unpaired) electrons. The van der Waals surface area contributed by atoms with Crippen LogP contribution in [0.2, 0.25) is 0 Å². The van der Waals surface area contributed by atoms with E-state index in [9.17, 15) is 10.1 Å². The first-order valence-corrected chi connectivity index (χ1v) is 10.0. The molecule has 0 fully saturated rings. The molecule has 1 aromatic carbocycles. The molecule has 1 aliphatic heterocycles. The first-order valence-electron chi connectivity index (χ1n) is 10.0. The van der Waals surface area contributed by atoms with E-state index in [1.807, 2.05) is 38.5 Å². The van der Waals surface area contributed by atoms with Gasteiger partial charge in [0.25, 0.3) is 5.56 Å². The van der Waals surface area contributed by atoms with Crippen LogP contribution < -0.4 is 15.4 Å². The van der Waals surface area contributed by atoms with Crippen LogP contribution in [0.3, 0.4) is 0 Å². The number of nitrogens with one attached hydrogen (secondary N) is 1. The molecule has 8 nitrogen and oxygen atoms in total. The largest absolute Gasteiger partial charge is 0.371 e. The lowest BCUT2D eigenvalue weighted by atomic mass is 9.99. The number of likely N-dealkylation sites (N-methyl/N-ethyl adjacent to an activating group) is 1. The highest BCUT2D eigenvalue weighted by Crippen LogP contribution is 2.42. The first kappa shape index (κ1) is 18.9. The number of fused-ring (bicyclic) bond motifs is 2. The van der Waals surface area contributed by atoms with Crippen molar-refractivity contribution in [3.8, 4) is 17.2 Å². The maximum absolute atomic E-state index is 12.1. The fourth-order valence-corrected chi connectivity index (χ4v) is 4.13. The monoisotopic (exact) mass is 411 g/mol. The minimum atomic E-state index is -0.101. The molecule has 0 saturated carbocycles. The van der Waals surface area contributed by atoms with Crippen LogP contribution in [0.5, 0.6) is 0 Å². The lowest BCUT2D eigenvalue weighted by Gasteiger charge is -2.37. The van der Waals surface area contributed by atoms with Crippen molar-refractivity contribution in [2.75, 3.05) is 29.9 Å². The highest BCUT2D eigenvalue weighted by atomic mass is 16.1. The van der Waals surface area contributed by atoms with Crippen molar-refractivity contribution in [2.24, 2.45) is 7.05 Å². The minimum Gasteiger partial charge on any atom is -0.371 e. The third-order valence-corrected chi connectivity index (χ3v) is 5.80. The van der Waals surface area contributed by atoms with Gasteiger partial charge in [-0.15, -0.1) is 0 Å². The van der Waals surface area contributed by atoms with Crippen LogP contribution in [0.25, 0.3) is 22.0 Å². The van der Waals surface area contributed by atoms with E-state index in [1.54, 1.807) is 24.0 Å². The smallest absolute Gasteiger partial charge is 0.251 e. The number of aromatic amines is 1. The molecule has 0 spiro atoms. The molecule has 0 bridgehead atoms. The highest BCUT2D eigenvalue weighted by Gasteiger charge is 2.26. The first-order chi connectivity index (χ1) is 15.0. The Morgan fingerprint density at radius 1 is 1.16 bits per heavy atom. The summed E-state index contributed by atoms with van der Waals surface area (Å²) in [5.41, 5.74) is 5.56. The molecule has 1 N–H and O–H groups in total. The van der Waals surface area contributed by atoms with Gasteiger partial charge in [0.15, 0.2) is 0 Å². The second-order valence-corrected chi connectivity index (χ2v) is 7.85. The summed E-state index contributed by atoms with van der Waals surface area (Å²) in [6.07, 6.45) is 5.39. The SMILES string of the molecule is Cc1cc2c(N3CCN(C)c4cc(-c5cnn(C)c5)c(C#N)cc43)nccc2[nH]c1=O. The Morgan fingerprint density at radius 2 is 2.00 bits per heavy atom. The number of H-pyrrole nitrogens is 1. The molecule has 0 saturated heterocycles. The zero-order chi connectivity index (χ0) is 21.7. The van der Waals surface area contributed by atoms with Gasteiger partial charge >= 0.3 is 0 Å². The molecule has 3 aromatic heterocycles. The molecule has 1 aliphatic rings. The molecular weight excluding hydrogens is 390 g/mol. The van der Waals surface area contributed by atoms with Crippen LogP contribution in [0.4, 0.5) is 17.2 Å². The Morgan fingerprint density at radius 3 is 2.74 bits per heavy atom. The summed E-state index contributed by atoms with van der Waals surface area (Å²) in [6.45, 7) is 3.30. The van der Waals surface area contributed by atoms with Gasteiger partial charge in [-0.05, 0) is 31.2 Å². The van der Waals surface area contributed by atoms with Gasteiger partial charge in [-0.3, -0.25) is 9.48 Å². The number of nitrogens with zero attached hydrogens (tertiary/aromatic N) is 6. The third kappa shape index (κ3) is 3.02. The third-order valence-electron chi connectivity index (χ3n) is 5.80. The number of hydrogen-bond acceptors (Lipinski definition) is 6. The van der Waals surface area contributed by atoms with Gasteiger partial charge in [-0.1, -0.05) is 0 Å². The second-order valence-electron chi connectivity index (χ2n) is 7.85. The molecule has 154 valence electrons. The summed E-state index contributed by atoms with van der Waals surface area (Å²) in [7, 11) is 3.91. The van der Waals surface area contributed by atoms with Crippen LogP contribution in [0.15, 0.2) is 47.7 Å². The van der Waals surface area contributed by atoms with Crippen LogP contribution in [0.1, 0.15) is 11.1 Å². The molecule has 5 rings (SSSR count). The van der Waals surface area contributed by atoms with E-state index in [1.165, 1.54) is 0 Å². The van der Waals surface area contributed by atoms with Crippen molar-refractivity contribution >= 4 is 28.1 Å². The van der Waals surface area contributed by atoms with Crippen LogP contribution >= 0.6 is 0 Å². The maximum Gasteiger partial charge on any atom is 0.251 e. The summed E-state index contributed by atoms with van der Waals surface area (Å²) >= 11 is 0. The van der Waals surface area contributed by atoms with E-state index in [4.69, 9.17) is 0 Å². The zero-order valence-electron chi connectivity index (χ0n) is 17.5. The molecule has 8 heteroatoms. The summed E-state index contributed by atoms with van der Waals surface area (Å²) in [4.78, 5) is 24.0. The number of hydrogen-bond donors (Lipinski definition) is 1. The number of anilines is 3. The fourth-order valence-electron chi connectivity index (χ4n) is 4.13. The predicted octanol–water partition coefficient (Wildman–Crippen LogP) is 3.09. The Labute approximate surface area is 179 Å². The van der Waals surface area contributed by atoms with E-state index < -0.39 is 0 Å². The standard InChI is InChI=1S/C23H21N7O/c1-14-8-18-19(27-23(14)31)4-5-25-22(18)30-7-6-28(2)20-10-17(15(11-24)9-21(20)30)16-12-26-29(3)13-16/h4-5,8-10,12-13H,6-7H2,1-3H3,(H,27,31). The Balaban J connectivity index is 1.73. The van der Waals surface area contributed by atoms with Gasteiger partial charge in [-0.2, -0.15) is 10.4 Å². The number of aromatic nitrogens is 4. The van der Waals surface area contributed by atoms with E-state index in [0.717, 1.165) is 45.8 Å². The second kappa shape index (κ2) is 6.99. The minimum absolute atomic E-state index is 0.101. The summed E-state index contributed by atoms with van der Waals surface area (Å²) < 4.78 is 1.73. The van der Waals surface area contributed by atoms with Crippen molar-refractivity contribution in [3.05, 3.63) is 64.3 Å². The number of pyridine rings is 2. The summed E-state index contributed by atoms with van der Waals surface area (Å²) in [5, 5.41) is 15.0. The van der Waals surface area contributed by atoms with Crippen molar-refractivity contribution in [1.82, 2.24) is 19.7 Å². The van der Waals surface area contributed by atoms with Gasteiger partial charge in [0.2, 0.25) is 0 Å². The average molecular weight is 411 g/mol. The molecule has 0 unspecified atom stereocenters. The summed E-state index contributed by atoms with van der Waals surface area (Å²) in [5.74, 6) is 0.768. The number of nitriles is 1. The van der Waals surface area contributed by atoms with Crippen molar-refractivity contribution in [2.45, 2.75) is 6.92 Å². The maximum atomic E-state index is 12.1. The molecule has 31 heavy (non-hydrogen) atoms. The lowest BCUT2D eigenvalue weighted by molar-refractivity contribution is 0.768. The van der Waals surface area contributed by atoms with Gasteiger partial charge in [0.05, 0.1) is 34.7 Å². The summed E-state index contributed by atoms with van der Waals surface area (Å²) in [6, 6.07) is 10.0. The topological polar surface area (TPSA) is 93.8 Å². The van der Waals surface area contributed by atoms with Crippen molar-refractivity contribution in [1.29, 1.82) is 5.26 Å². The highest BCUT2D eigenvalue weighted by molar-refractivity contribution is 5.95. The quantitative estimate of drug-likeness (QED) is 0.545. The Bertz CT molecular complexity index is 1430. The van der Waals surface area contributed by atoms with Gasteiger partial charge in [-0.25, -0.2) is 4.98 Å². The average Bonchev–Trinajstić information content (AvgIpc) is 3.20. The zero-order valence-corrected chi connectivity index (χ0v) is 17.5.